The summed E-state index contributed by atoms with van der Waals surface area (Å²) in [6.07, 6.45) is 0. The van der Waals surface area contributed by atoms with Gasteiger partial charge >= 0.3 is 0 Å². The Hall–Kier alpha value is -0.0800. The van der Waals surface area contributed by atoms with Crippen molar-refractivity contribution in [2.75, 3.05) is 6.56 Å². The smallest absolute Gasteiger partial charge is 0.0580 e. The van der Waals surface area contributed by atoms with Crippen molar-refractivity contribution in [1.29, 1.82) is 0 Å². The van der Waals surface area contributed by atoms with Crippen molar-refractivity contribution in [3.8, 4) is 0 Å². The molecular weight excluding hydrogens is 66.0 g/mol. The summed E-state index contributed by atoms with van der Waals surface area (Å²) in [6.45, 7) is -0.819. The van der Waals surface area contributed by atoms with E-state index in [0.717, 1.165) is 0 Å². The van der Waals surface area contributed by atoms with Crippen LogP contribution in [0.3, 0.4) is 0 Å². The molecule has 0 fully saturated rings. The van der Waals surface area contributed by atoms with Gasteiger partial charge in [0.2, 0.25) is 0 Å². The lowest BCUT2D eigenvalue weighted by molar-refractivity contribution is 0.273. The number of aliphatic hydroxyl groups is 1. The van der Waals surface area contributed by atoms with Crippen LogP contribution in [0.1, 0.15) is 9.67 Å². The second-order valence-electron chi connectivity index (χ2n) is 0.918. The van der Waals surface area contributed by atoms with E-state index in [4.69, 9.17) is 13.6 Å². The van der Waals surface area contributed by atoms with Crippen LogP contribution in [0.15, 0.2) is 0 Å². The monoisotopic (exact) mass is 77.1 g/mol. The molecule has 0 saturated heterocycles. The average Bonchev–Trinajstić information content (AvgIpc) is 1.31. The summed E-state index contributed by atoms with van der Waals surface area (Å²) in [5.41, 5.74) is 4.94. The van der Waals surface area contributed by atoms with Gasteiger partial charge in [-0.05, 0) is 6.92 Å². The zero-order chi connectivity index (χ0) is 6.08. The molecule has 0 amide bonds. The average molecular weight is 77.1 g/mol. The van der Waals surface area contributed by atoms with Gasteiger partial charge in [0.1, 0.15) is 0 Å². The van der Waals surface area contributed by atoms with Crippen molar-refractivity contribution in [2.45, 2.75) is 13.0 Å². The van der Waals surface area contributed by atoms with Gasteiger partial charge in [0.05, 0.1) is 9.30 Å². The minimum atomic E-state index is -2.22. The minimum Gasteiger partial charge on any atom is -0.395 e. The molecular formula is C3H9NO. The molecule has 0 rings (SSSR count). The zero-order valence-electron chi connectivity index (χ0n) is 5.10. The van der Waals surface area contributed by atoms with Crippen LogP contribution < -0.4 is 5.73 Å². The van der Waals surface area contributed by atoms with E-state index in [9.17, 15) is 0 Å². The summed E-state index contributed by atoms with van der Waals surface area (Å²) in [6, 6.07) is -0.813. The fraction of sp³-hybridized carbons (Fsp3) is 1.00. The molecule has 0 radical (unpaired) electrons. The Bertz CT molecular complexity index is 58.4. The maximum absolute atomic E-state index is 8.30. The fourth-order valence-corrected chi connectivity index (χ4v) is 0. The molecule has 2 nitrogen and oxygen atoms in total. The maximum Gasteiger partial charge on any atom is 0.0580 e. The van der Waals surface area contributed by atoms with Gasteiger partial charge in [0, 0.05) is 6.04 Å². The molecule has 32 valence electrons. The Labute approximate surface area is 34.4 Å². The standard InChI is InChI=1S/C3H9NO/c1-3(4)2-5/h3,5H,2,4H2,1H3/t3-/m1/s1/i2D2. The van der Waals surface area contributed by atoms with Crippen LogP contribution in [0.4, 0.5) is 0 Å². The van der Waals surface area contributed by atoms with Crippen LogP contribution in [0, 0.1) is 0 Å². The molecule has 0 spiro atoms. The summed E-state index contributed by atoms with van der Waals surface area (Å²) in [7, 11) is 0. The van der Waals surface area contributed by atoms with Crippen molar-refractivity contribution >= 4 is 0 Å². The van der Waals surface area contributed by atoms with Gasteiger partial charge in [0.15, 0.2) is 0 Å². The van der Waals surface area contributed by atoms with Crippen LogP contribution in [-0.2, 0) is 0 Å². The highest BCUT2D eigenvalue weighted by Gasteiger charge is 1.81. The van der Waals surface area contributed by atoms with E-state index in [-0.39, 0.29) is 0 Å². The summed E-state index contributed by atoms with van der Waals surface area (Å²) < 4.78 is 13.0. The van der Waals surface area contributed by atoms with E-state index in [0.29, 0.717) is 0 Å². The van der Waals surface area contributed by atoms with Gasteiger partial charge in [-0.2, -0.15) is 0 Å². The number of hydrogen-bond acceptors (Lipinski definition) is 2. The number of nitrogens with two attached hydrogens (primary N) is 1. The Morgan fingerprint density at radius 3 is 2.60 bits per heavy atom. The van der Waals surface area contributed by atoms with Crippen molar-refractivity contribution in [3.05, 3.63) is 0 Å². The molecule has 0 saturated carbocycles. The molecule has 0 aromatic carbocycles. The SMILES string of the molecule is [2H]C([2H])(O)[C@@H](C)N. The van der Waals surface area contributed by atoms with E-state index >= 15 is 0 Å². The van der Waals surface area contributed by atoms with E-state index in [1.807, 2.05) is 0 Å². The highest BCUT2D eigenvalue weighted by Crippen LogP contribution is 1.62. The molecule has 0 heterocycles. The van der Waals surface area contributed by atoms with Gasteiger partial charge in [-0.1, -0.05) is 0 Å². The summed E-state index contributed by atoms with van der Waals surface area (Å²) in [5.74, 6) is 0. The third-order valence-electron chi connectivity index (χ3n) is 0.204. The van der Waals surface area contributed by atoms with Gasteiger partial charge in [-0.3, -0.25) is 0 Å². The predicted octanol–water partition coefficient (Wildman–Crippen LogP) is -0.674. The Morgan fingerprint density at radius 2 is 2.60 bits per heavy atom. The van der Waals surface area contributed by atoms with E-state index in [1.54, 1.807) is 0 Å². The number of hydrogen-bond donors (Lipinski definition) is 2. The molecule has 0 aromatic rings. The maximum atomic E-state index is 8.30. The number of rotatable bonds is 1. The summed E-state index contributed by atoms with van der Waals surface area (Å²) in [4.78, 5) is 0. The van der Waals surface area contributed by atoms with Crippen molar-refractivity contribution in [2.24, 2.45) is 5.73 Å². The van der Waals surface area contributed by atoms with Crippen LogP contribution >= 0.6 is 0 Å². The first-order valence-corrected chi connectivity index (χ1v) is 1.42. The quantitative estimate of drug-likeness (QED) is 0.436. The van der Waals surface area contributed by atoms with Crippen molar-refractivity contribution < 1.29 is 7.85 Å². The highest BCUT2D eigenvalue weighted by molar-refractivity contribution is 4.43. The predicted molar refractivity (Wildman–Crippen MR) is 20.7 cm³/mol. The first-order chi connectivity index (χ1) is 2.94. The first-order valence-electron chi connectivity index (χ1n) is 2.42. The van der Waals surface area contributed by atoms with Crippen LogP contribution in [0.5, 0.6) is 0 Å². The third kappa shape index (κ3) is 3.92. The fourth-order valence-electron chi connectivity index (χ4n) is 0. The van der Waals surface area contributed by atoms with E-state index in [1.165, 1.54) is 6.92 Å². The van der Waals surface area contributed by atoms with Gasteiger partial charge in [0.25, 0.3) is 0 Å². The Kier molecular flexibility index (Phi) is 0.938. The minimum absolute atomic E-state index is 0.813. The molecule has 3 N–H and O–H groups in total. The second-order valence-corrected chi connectivity index (χ2v) is 0.918. The topological polar surface area (TPSA) is 46.2 Å². The lowest BCUT2D eigenvalue weighted by atomic mass is 10.4. The molecule has 1 atom stereocenters. The molecule has 0 bridgehead atoms. The first kappa shape index (κ1) is 2.16. The summed E-state index contributed by atoms with van der Waals surface area (Å²) in [5, 5.41) is 8.30. The lowest BCUT2D eigenvalue weighted by Crippen LogP contribution is -2.18. The Morgan fingerprint density at radius 1 is 2.40 bits per heavy atom. The van der Waals surface area contributed by atoms with Gasteiger partial charge < -0.3 is 10.8 Å². The molecule has 0 unspecified atom stereocenters. The van der Waals surface area contributed by atoms with Gasteiger partial charge in [-0.15, -0.1) is 0 Å². The molecule has 2 heteroatoms. The third-order valence-corrected chi connectivity index (χ3v) is 0.204. The van der Waals surface area contributed by atoms with Crippen LogP contribution in [0.25, 0.3) is 0 Å². The van der Waals surface area contributed by atoms with Gasteiger partial charge in [-0.25, -0.2) is 0 Å². The molecule has 5 heavy (non-hydrogen) atoms. The normalized spacial score (nSPS) is 23.8. The van der Waals surface area contributed by atoms with E-state index in [2.05, 4.69) is 0 Å². The molecule has 0 aromatic heterocycles. The summed E-state index contributed by atoms with van der Waals surface area (Å²) >= 11 is 0. The molecule has 0 aliphatic heterocycles. The van der Waals surface area contributed by atoms with Crippen molar-refractivity contribution in [1.82, 2.24) is 0 Å². The Balaban J connectivity index is 3.54. The molecule has 0 aliphatic carbocycles. The van der Waals surface area contributed by atoms with E-state index < -0.39 is 12.6 Å². The highest BCUT2D eigenvalue weighted by atomic mass is 16.3. The molecule has 0 aliphatic rings. The van der Waals surface area contributed by atoms with Crippen LogP contribution in [0.2, 0.25) is 0 Å². The lowest BCUT2D eigenvalue weighted by Gasteiger charge is -1.91. The van der Waals surface area contributed by atoms with Crippen LogP contribution in [-0.4, -0.2) is 17.7 Å². The largest absolute Gasteiger partial charge is 0.395 e. The second kappa shape index (κ2) is 2.18. The van der Waals surface area contributed by atoms with Crippen molar-refractivity contribution in [3.63, 3.8) is 0 Å². The zero-order valence-corrected chi connectivity index (χ0v) is 3.10.